The van der Waals surface area contributed by atoms with Crippen LogP contribution in [0.15, 0.2) is 479 Å². The Bertz CT molecular complexity index is 8580. The normalized spacial score (nSPS) is 14.5. The van der Waals surface area contributed by atoms with E-state index in [0.717, 1.165) is 62.3 Å². The number of rotatable bonds is 18. The summed E-state index contributed by atoms with van der Waals surface area (Å²) in [7, 11) is 0. The zero-order valence-electron chi connectivity index (χ0n) is 79.6. The summed E-state index contributed by atoms with van der Waals surface area (Å²) in [5.41, 5.74) is 43.1. The average Bonchev–Trinajstić information content (AvgIpc) is 1.49. The number of fused-ring (bicyclic) bond motifs is 18. The van der Waals surface area contributed by atoms with Gasteiger partial charge in [0.1, 0.15) is 0 Å². The van der Waals surface area contributed by atoms with Gasteiger partial charge in [0.25, 0.3) is 0 Å². The molecule has 1 atom stereocenters. The summed E-state index contributed by atoms with van der Waals surface area (Å²) in [6, 6.07) is 182. The van der Waals surface area contributed by atoms with Crippen LogP contribution in [0, 0.1) is 20.8 Å². The summed E-state index contributed by atoms with van der Waals surface area (Å²) < 4.78 is 0. The lowest BCUT2D eigenvalue weighted by Crippen LogP contribution is -2.30. The molecule has 0 aliphatic heterocycles. The van der Waals surface area contributed by atoms with E-state index in [1.807, 2.05) is 0 Å². The Kier molecular flexibility index (Phi) is 19.5. The van der Waals surface area contributed by atoms with Crippen LogP contribution in [0.1, 0.15) is 122 Å². The van der Waals surface area contributed by atoms with Crippen molar-refractivity contribution in [3.05, 3.63) is 574 Å². The Balaban J connectivity index is 0.632. The summed E-state index contributed by atoms with van der Waals surface area (Å²) in [5.74, 6) is 0. The number of nitrogens with zero attached hydrogens (tertiary/aromatic N) is 4. The minimum absolute atomic E-state index is 0.251. The van der Waals surface area contributed by atoms with Gasteiger partial charge < -0.3 is 19.6 Å². The summed E-state index contributed by atoms with van der Waals surface area (Å²) in [6.45, 7) is 16.5. The lowest BCUT2D eigenvalue weighted by atomic mass is 9.65. The van der Waals surface area contributed by atoms with Crippen LogP contribution >= 0.6 is 0 Å². The highest BCUT2D eigenvalue weighted by atomic mass is 15.2. The molecule has 0 amide bonds. The first-order chi connectivity index (χ1) is 68.7. The first-order valence-electron chi connectivity index (χ1n) is 49.3. The molecular formula is C136H102N4. The van der Waals surface area contributed by atoms with Crippen LogP contribution in [0.4, 0.5) is 68.2 Å². The van der Waals surface area contributed by atoms with Crippen molar-refractivity contribution in [2.45, 2.75) is 76.5 Å². The number of anilines is 12. The second-order valence-electron chi connectivity index (χ2n) is 39.9. The molecule has 0 heterocycles. The van der Waals surface area contributed by atoms with Crippen LogP contribution in [0.2, 0.25) is 0 Å². The zero-order valence-corrected chi connectivity index (χ0v) is 79.6. The summed E-state index contributed by atoms with van der Waals surface area (Å²) in [4.78, 5) is 9.78. The van der Waals surface area contributed by atoms with Gasteiger partial charge >= 0.3 is 0 Å². The van der Waals surface area contributed by atoms with Gasteiger partial charge in [0.15, 0.2) is 0 Å². The molecule has 26 rings (SSSR count). The molecule has 140 heavy (non-hydrogen) atoms. The fourth-order valence-electron chi connectivity index (χ4n) is 24.9. The first kappa shape index (κ1) is 83.7. The van der Waals surface area contributed by atoms with E-state index in [1.54, 1.807) is 0 Å². The van der Waals surface area contributed by atoms with Crippen LogP contribution in [0.5, 0.6) is 0 Å². The number of benzene rings is 22. The van der Waals surface area contributed by atoms with Crippen molar-refractivity contribution < 1.29 is 0 Å². The highest BCUT2D eigenvalue weighted by Gasteiger charge is 2.54. The highest BCUT2D eigenvalue weighted by molar-refractivity contribution is 6.10. The number of hydrogen-bond acceptors (Lipinski definition) is 4. The number of aryl methyl sites for hydroxylation is 3. The van der Waals surface area contributed by atoms with Crippen molar-refractivity contribution in [1.82, 2.24) is 0 Å². The summed E-state index contributed by atoms with van der Waals surface area (Å²) in [6.07, 6.45) is 0.652. The Morgan fingerprint density at radius 3 is 0.807 bits per heavy atom. The van der Waals surface area contributed by atoms with Crippen LogP contribution in [0.25, 0.3) is 87.6 Å². The lowest BCUT2D eigenvalue weighted by Gasteiger charge is -2.36. The van der Waals surface area contributed by atoms with E-state index in [2.05, 4.69) is 547 Å². The van der Waals surface area contributed by atoms with Gasteiger partial charge in [0.2, 0.25) is 0 Å². The molecule has 4 aliphatic carbocycles. The number of hydrogen-bond donors (Lipinski definition) is 0. The molecule has 22 aromatic rings. The maximum absolute atomic E-state index is 2.58. The monoisotopic (exact) mass is 1790 g/mol. The second-order valence-corrected chi connectivity index (χ2v) is 39.9. The molecule has 4 heteroatoms. The molecule has 666 valence electrons. The summed E-state index contributed by atoms with van der Waals surface area (Å²) in [5, 5.41) is 9.57. The van der Waals surface area contributed by atoms with E-state index in [0.29, 0.717) is 6.42 Å². The molecule has 0 aromatic heterocycles. The van der Waals surface area contributed by atoms with Gasteiger partial charge in [-0.1, -0.05) is 337 Å². The van der Waals surface area contributed by atoms with E-state index in [4.69, 9.17) is 0 Å². The van der Waals surface area contributed by atoms with E-state index >= 15 is 0 Å². The molecule has 0 radical (unpaired) electrons. The molecule has 22 aromatic carbocycles. The van der Waals surface area contributed by atoms with Crippen LogP contribution in [-0.2, 0) is 28.1 Å². The van der Waals surface area contributed by atoms with Crippen LogP contribution in [-0.4, -0.2) is 0 Å². The first-order valence-corrected chi connectivity index (χ1v) is 49.3. The molecule has 0 saturated carbocycles. The fraction of sp³-hybridized carbons (Fsp3) is 0.0882. The minimum atomic E-state index is -0.863. The largest absolute Gasteiger partial charge is 0.310 e. The van der Waals surface area contributed by atoms with Gasteiger partial charge in [-0.2, -0.15) is 0 Å². The topological polar surface area (TPSA) is 13.0 Å². The minimum Gasteiger partial charge on any atom is -0.310 e. The zero-order chi connectivity index (χ0) is 93.9. The van der Waals surface area contributed by atoms with Gasteiger partial charge in [-0.05, 0) is 379 Å². The Hall–Kier alpha value is -16.9. The van der Waals surface area contributed by atoms with Crippen molar-refractivity contribution >= 4 is 111 Å². The van der Waals surface area contributed by atoms with Gasteiger partial charge in [0.05, 0.1) is 10.8 Å². The Morgan fingerprint density at radius 2 is 0.450 bits per heavy atom. The lowest BCUT2D eigenvalue weighted by molar-refractivity contribution is 0.651. The third-order valence-corrected chi connectivity index (χ3v) is 31.4. The van der Waals surface area contributed by atoms with Crippen molar-refractivity contribution in [2.24, 2.45) is 0 Å². The smallest absolute Gasteiger partial charge is 0.0714 e. The quantitative estimate of drug-likeness (QED) is 0.0849. The molecular weight excluding hydrogens is 1690 g/mol. The molecule has 0 N–H and O–H groups in total. The average molecular weight is 1790 g/mol. The molecule has 1 unspecified atom stereocenters. The Labute approximate surface area is 820 Å². The number of para-hydroxylation sites is 8. The van der Waals surface area contributed by atoms with E-state index in [-0.39, 0.29) is 10.8 Å². The molecule has 0 bridgehead atoms. The van der Waals surface area contributed by atoms with E-state index in [1.165, 1.54) is 188 Å². The molecule has 0 fully saturated rings. The molecule has 4 aliphatic rings. The predicted molar refractivity (Wildman–Crippen MR) is 588 cm³/mol. The van der Waals surface area contributed by atoms with Crippen molar-refractivity contribution in [3.8, 4) is 44.5 Å². The van der Waals surface area contributed by atoms with Gasteiger partial charge in [-0.25, -0.2) is 0 Å². The molecule has 0 saturated heterocycles. The third-order valence-electron chi connectivity index (χ3n) is 31.4. The van der Waals surface area contributed by atoms with Gasteiger partial charge in [-0.15, -0.1) is 0 Å². The van der Waals surface area contributed by atoms with E-state index < -0.39 is 10.8 Å². The predicted octanol–water partition coefficient (Wildman–Crippen LogP) is 36.0. The standard InChI is InChI=1S/C136H102N4/c1-88-38-29-33-58-125(88)139(126-59-34-30-39-89(126)2)111-68-64-92-80-113-121(84-97(92)78-111)133(4,5)117-70-71-118-130(129(113)117)114-81-93-65-69-112(79-98(93)85-122(114)134(118,6)7)140(127-60-35-31-40-90(127)3)128-61-36-32-42-96(128)74-91-41-37-49-104(75-91)136(103-47-19-10-20-48-103)120-73-72-119-131(132(120)116-83-95-63-67-110(77-100(95)87-124(116)136)138(107-54-25-13-26-55-107)108-56-27-14-28-57-108)115-82-94-62-66-109(137(105-50-21-11-22-51-105)106-52-23-12-24-53-106)76-99(94)86-123(115)135(119,101-43-15-8-16-44-101)102-45-17-9-18-46-102/h8-73,75-87H,74H2,1-7H3. The van der Waals surface area contributed by atoms with Gasteiger partial charge in [-0.3, -0.25) is 0 Å². The maximum Gasteiger partial charge on any atom is 0.0714 e. The highest BCUT2D eigenvalue weighted by Crippen LogP contribution is 2.67. The third kappa shape index (κ3) is 13.0. The SMILES string of the molecule is Cc1ccccc1N(c1ccc2cc3c(cc2c1)C(C)(C)c1ccc2c(c1-3)-c1cc3ccc(N(c4ccccc4C)c4ccccc4Cc4cccc(C5(c6ccccc6)c6cc7cc(N(c8ccccc8)c8ccccc8)ccc7cc6-c6c5ccc5c6-c6cc7ccc(N(c8ccccc8)c8ccccc8)cc7cc6C5(c5ccccc5)c5ccccc5)c4)cc3cc1C2(C)C)c1ccccc1C. The second kappa shape index (κ2) is 32.7. The van der Waals surface area contributed by atoms with Crippen LogP contribution < -0.4 is 19.6 Å². The fourth-order valence-corrected chi connectivity index (χ4v) is 24.9. The molecule has 0 spiro atoms. The molecule has 4 nitrogen and oxygen atoms in total. The Morgan fingerprint density at radius 1 is 0.179 bits per heavy atom. The van der Waals surface area contributed by atoms with Crippen molar-refractivity contribution in [1.29, 1.82) is 0 Å². The van der Waals surface area contributed by atoms with E-state index in [9.17, 15) is 0 Å². The van der Waals surface area contributed by atoms with Crippen molar-refractivity contribution in [2.75, 3.05) is 19.6 Å². The van der Waals surface area contributed by atoms with Crippen molar-refractivity contribution in [3.63, 3.8) is 0 Å². The summed E-state index contributed by atoms with van der Waals surface area (Å²) >= 11 is 0. The maximum atomic E-state index is 2.58. The van der Waals surface area contributed by atoms with Crippen LogP contribution in [0.3, 0.4) is 0 Å². The van der Waals surface area contributed by atoms with Gasteiger partial charge in [0, 0.05) is 79.1 Å².